The van der Waals surface area contributed by atoms with E-state index in [-0.39, 0.29) is 10.8 Å². The van der Waals surface area contributed by atoms with Crippen LogP contribution in [-0.2, 0) is 27.1 Å². The Morgan fingerprint density at radius 3 is 1.14 bits per heavy atom. The van der Waals surface area contributed by atoms with E-state index in [1.54, 1.807) is 0 Å². The maximum Gasteiger partial charge on any atom is 0.144 e. The van der Waals surface area contributed by atoms with Crippen molar-refractivity contribution in [3.8, 4) is 72.4 Å². The summed E-state index contributed by atoms with van der Waals surface area (Å²) >= 11 is 0. The number of hydrogen-bond donors (Lipinski definition) is 0. The molecule has 5 heteroatoms. The molecule has 0 spiro atoms. The van der Waals surface area contributed by atoms with Crippen molar-refractivity contribution in [2.75, 3.05) is 4.90 Å². The quantitative estimate of drug-likeness (QED) is 0.172. The molecule has 5 aliphatic rings. The molecule has 0 saturated heterocycles. The van der Waals surface area contributed by atoms with Gasteiger partial charge in [0.2, 0.25) is 0 Å². The summed E-state index contributed by atoms with van der Waals surface area (Å²) in [5.41, 5.74) is 38.7. The van der Waals surface area contributed by atoms with Gasteiger partial charge in [0.1, 0.15) is 33.5 Å². The van der Waals surface area contributed by atoms with Gasteiger partial charge >= 0.3 is 0 Å². The SMILES string of the molecule is CC1(C)c2cc(N(c3ccc4c(c3)C(C)(C)c3c5c(c6oc7ccccc7c6c3-4)-c3ccccc3C5(C)C)c3ccc4c(c3)C(C)(C)c3c5c(c6oc7ccccc7c6c3-4)-c3ccccc3C5(C)C)ccc2-c2c1cc(-c1cccc3c1c1ccccc1n3-c1ccccc1)c1oc3ccccc3c21. The zero-order valence-electron chi connectivity index (χ0n) is 59.9. The molecule has 104 heavy (non-hydrogen) atoms. The second-order valence-corrected chi connectivity index (χ2v) is 32.9. The number of rotatable bonds is 5. The van der Waals surface area contributed by atoms with Crippen LogP contribution in [0.15, 0.2) is 268 Å². The van der Waals surface area contributed by atoms with Crippen molar-refractivity contribution in [2.45, 2.75) is 96.3 Å². The molecule has 5 aliphatic carbocycles. The van der Waals surface area contributed by atoms with Crippen molar-refractivity contribution in [3.63, 3.8) is 0 Å². The monoisotopic (exact) mass is 1340 g/mol. The molecule has 0 unspecified atom stereocenters. The van der Waals surface area contributed by atoms with Crippen molar-refractivity contribution >= 4 is 105 Å². The van der Waals surface area contributed by atoms with Crippen LogP contribution in [0, 0.1) is 0 Å². The van der Waals surface area contributed by atoms with Crippen LogP contribution in [0.25, 0.3) is 160 Å². The Kier molecular flexibility index (Phi) is 11.0. The average molecular weight is 1340 g/mol. The second-order valence-electron chi connectivity index (χ2n) is 32.9. The lowest BCUT2D eigenvalue weighted by Crippen LogP contribution is -2.24. The molecule has 0 atom stereocenters. The summed E-state index contributed by atoms with van der Waals surface area (Å²) in [6, 6.07) is 95.4. The number of para-hydroxylation sites is 5. The van der Waals surface area contributed by atoms with Gasteiger partial charge < -0.3 is 22.7 Å². The first-order valence-electron chi connectivity index (χ1n) is 37.0. The predicted molar refractivity (Wildman–Crippen MR) is 431 cm³/mol. The van der Waals surface area contributed by atoms with Gasteiger partial charge in [-0.1, -0.05) is 239 Å². The number of fused-ring (bicyclic) bond motifs is 34. The first-order valence-corrected chi connectivity index (χ1v) is 37.0. The third kappa shape index (κ3) is 7.02. The van der Waals surface area contributed by atoms with E-state index in [4.69, 9.17) is 13.3 Å². The summed E-state index contributed by atoms with van der Waals surface area (Å²) in [4.78, 5) is 2.59. The smallest absolute Gasteiger partial charge is 0.144 e. The number of aromatic nitrogens is 1. The molecule has 0 amide bonds. The number of anilines is 3. The summed E-state index contributed by atoms with van der Waals surface area (Å²) < 4.78 is 24.1. The minimum atomic E-state index is -0.463. The van der Waals surface area contributed by atoms with Crippen molar-refractivity contribution in [3.05, 3.63) is 310 Å². The van der Waals surface area contributed by atoms with Gasteiger partial charge in [-0.25, -0.2) is 0 Å². The van der Waals surface area contributed by atoms with Gasteiger partial charge in [0.15, 0.2) is 0 Å². The zero-order chi connectivity index (χ0) is 69.7. The average Bonchev–Trinajstić information content (AvgIpc) is 1.51. The zero-order valence-corrected chi connectivity index (χ0v) is 59.9. The topological polar surface area (TPSA) is 47.6 Å². The highest BCUT2D eigenvalue weighted by molar-refractivity contribution is 6.25. The summed E-state index contributed by atoms with van der Waals surface area (Å²) in [7, 11) is 0. The number of benzene rings is 14. The summed E-state index contributed by atoms with van der Waals surface area (Å²) in [6.07, 6.45) is 0. The van der Waals surface area contributed by atoms with Gasteiger partial charge in [0.05, 0.1) is 11.0 Å². The van der Waals surface area contributed by atoms with Crippen LogP contribution in [-0.4, -0.2) is 4.57 Å². The molecule has 4 aromatic heterocycles. The Morgan fingerprint density at radius 1 is 0.250 bits per heavy atom. The normalized spacial score (nSPS) is 16.0. The van der Waals surface area contributed by atoms with Crippen LogP contribution in [0.3, 0.4) is 0 Å². The van der Waals surface area contributed by atoms with E-state index in [1.807, 2.05) is 0 Å². The second kappa shape index (κ2) is 19.4. The highest BCUT2D eigenvalue weighted by Crippen LogP contribution is 2.67. The number of nitrogens with zero attached hydrogens (tertiary/aromatic N) is 2. The minimum Gasteiger partial charge on any atom is -0.455 e. The first kappa shape index (κ1) is 58.7. The van der Waals surface area contributed by atoms with E-state index < -0.39 is 16.2 Å². The summed E-state index contributed by atoms with van der Waals surface area (Å²) in [5, 5.41) is 9.41. The minimum absolute atomic E-state index is 0.293. The Morgan fingerprint density at radius 2 is 0.625 bits per heavy atom. The molecular formula is C99H72N2O3. The maximum absolute atomic E-state index is 7.29. The van der Waals surface area contributed by atoms with Gasteiger partial charge in [0, 0.05) is 110 Å². The number of furan rings is 3. The van der Waals surface area contributed by atoms with E-state index in [0.29, 0.717) is 0 Å². The molecule has 0 saturated carbocycles. The molecule has 23 rings (SSSR count). The third-order valence-corrected chi connectivity index (χ3v) is 25.8. The lowest BCUT2D eigenvalue weighted by molar-refractivity contribution is 0.600. The highest BCUT2D eigenvalue weighted by atomic mass is 16.3. The van der Waals surface area contributed by atoms with E-state index in [2.05, 4.69) is 333 Å². The lowest BCUT2D eigenvalue weighted by Gasteiger charge is -2.33. The molecule has 0 N–H and O–H groups in total. The van der Waals surface area contributed by atoms with E-state index in [9.17, 15) is 0 Å². The molecule has 18 aromatic rings. The molecule has 0 bridgehead atoms. The van der Waals surface area contributed by atoms with Crippen molar-refractivity contribution in [1.29, 1.82) is 0 Å². The summed E-state index contributed by atoms with van der Waals surface area (Å²) in [5.74, 6) is 0. The summed E-state index contributed by atoms with van der Waals surface area (Å²) in [6.45, 7) is 24.6. The fourth-order valence-corrected chi connectivity index (χ4v) is 21.3. The van der Waals surface area contributed by atoms with Crippen LogP contribution < -0.4 is 4.90 Å². The Labute approximate surface area is 602 Å². The van der Waals surface area contributed by atoms with Crippen LogP contribution in [0.2, 0.25) is 0 Å². The molecule has 0 aliphatic heterocycles. The van der Waals surface area contributed by atoms with Crippen LogP contribution in [0.1, 0.15) is 125 Å². The van der Waals surface area contributed by atoms with Crippen LogP contribution in [0.4, 0.5) is 17.1 Å². The largest absolute Gasteiger partial charge is 0.455 e. The first-order chi connectivity index (χ1) is 50.4. The van der Waals surface area contributed by atoms with Gasteiger partial charge in [-0.05, 0) is 191 Å². The van der Waals surface area contributed by atoms with E-state index in [1.165, 1.54) is 138 Å². The van der Waals surface area contributed by atoms with Gasteiger partial charge in [0.25, 0.3) is 0 Å². The van der Waals surface area contributed by atoms with Crippen molar-refractivity contribution < 1.29 is 13.3 Å². The van der Waals surface area contributed by atoms with Gasteiger partial charge in [-0.15, -0.1) is 0 Å². The molecule has 5 nitrogen and oxygen atoms in total. The Hall–Kier alpha value is -11.9. The predicted octanol–water partition coefficient (Wildman–Crippen LogP) is 27.2. The number of hydrogen-bond acceptors (Lipinski definition) is 4. The van der Waals surface area contributed by atoms with Crippen LogP contribution in [0.5, 0.6) is 0 Å². The lowest BCUT2D eigenvalue weighted by atomic mass is 9.72. The van der Waals surface area contributed by atoms with Crippen molar-refractivity contribution in [1.82, 2.24) is 4.57 Å². The van der Waals surface area contributed by atoms with Gasteiger partial charge in [-0.2, -0.15) is 0 Å². The molecule has 0 radical (unpaired) electrons. The van der Waals surface area contributed by atoms with E-state index >= 15 is 0 Å². The highest BCUT2D eigenvalue weighted by Gasteiger charge is 2.52. The van der Waals surface area contributed by atoms with Gasteiger partial charge in [-0.3, -0.25) is 0 Å². The molecule has 4 heterocycles. The van der Waals surface area contributed by atoms with Crippen molar-refractivity contribution in [2.24, 2.45) is 0 Å². The van der Waals surface area contributed by atoms with E-state index in [0.717, 1.165) is 94.4 Å². The Balaban J connectivity index is 0.765. The maximum atomic E-state index is 7.29. The third-order valence-electron chi connectivity index (χ3n) is 25.8. The molecular weight excluding hydrogens is 1270 g/mol. The molecule has 496 valence electrons. The fraction of sp³-hybridized carbons (Fsp3) is 0.152. The standard InChI is InChI=1S/C99H72N2O3/c1-95(2)70-49-54(43-46-60(70)80-73(95)52-67(92-83(80)64-32-17-23-40-76(64)102-92)57-35-26-39-75-79(57)63-31-16-22-38-74(63)101(75)53-27-12-11-13-28-53)100(55-44-47-61-71(50-55)98(7,8)88-81(61)84-65-33-18-24-41-77(65)103-93(84)86-58-29-14-20-36-68(58)96(3,4)90(86)88)56-45-48-62-72(51-56)99(9,10)89-82(62)85-66-34-19-25-42-78(66)104-94(85)87-59-30-15-21-37-69(59)97(5,6)91(87)89/h11-52H,1-10H3. The Bertz CT molecular complexity index is 6760. The molecule has 0 fully saturated rings. The fourth-order valence-electron chi connectivity index (χ4n) is 21.3. The molecule has 14 aromatic carbocycles. The van der Waals surface area contributed by atoms with Crippen LogP contribution >= 0.6 is 0 Å².